The molecule has 2 atom stereocenters. The molecule has 0 heterocycles. The molecular weight excluding hydrogens is 258 g/mol. The number of hydrogen-bond acceptors (Lipinski definition) is 4. The molecule has 1 rings (SSSR count). The highest BCUT2D eigenvalue weighted by Gasteiger charge is 2.30. The zero-order chi connectivity index (χ0) is 15.1. The van der Waals surface area contributed by atoms with Crippen molar-refractivity contribution in [3.05, 3.63) is 35.9 Å². The lowest BCUT2D eigenvalue weighted by Gasteiger charge is -2.31. The molecule has 0 aliphatic rings. The number of amides is 1. The summed E-state index contributed by atoms with van der Waals surface area (Å²) in [5.41, 5.74) is 0.943. The number of carbonyl (C=O) groups is 2. The van der Waals surface area contributed by atoms with E-state index < -0.39 is 18.1 Å². The molecule has 5 nitrogen and oxygen atoms in total. The number of nitrogens with zero attached hydrogens (tertiary/aromatic N) is 1. The van der Waals surface area contributed by atoms with Gasteiger partial charge in [0.15, 0.2) is 6.10 Å². The van der Waals surface area contributed by atoms with Gasteiger partial charge in [-0.25, -0.2) is 4.79 Å². The van der Waals surface area contributed by atoms with Crippen molar-refractivity contribution in [2.24, 2.45) is 0 Å². The predicted molar refractivity (Wildman–Crippen MR) is 74.8 cm³/mol. The highest BCUT2D eigenvalue weighted by molar-refractivity contribution is 5.79. The molecule has 20 heavy (non-hydrogen) atoms. The largest absolute Gasteiger partial charge is 0.467 e. The summed E-state index contributed by atoms with van der Waals surface area (Å²) in [7, 11) is 1.21. The van der Waals surface area contributed by atoms with Crippen LogP contribution in [0.1, 0.15) is 25.8 Å². The molecule has 0 radical (unpaired) electrons. The molecule has 0 aliphatic heterocycles. The van der Waals surface area contributed by atoms with Crippen LogP contribution in [0.25, 0.3) is 0 Å². The van der Waals surface area contributed by atoms with Gasteiger partial charge in [0.2, 0.25) is 5.91 Å². The Labute approximate surface area is 119 Å². The summed E-state index contributed by atoms with van der Waals surface area (Å²) in [4.78, 5) is 24.9. The van der Waals surface area contributed by atoms with E-state index >= 15 is 0 Å². The first-order valence-electron chi connectivity index (χ1n) is 6.60. The van der Waals surface area contributed by atoms with Crippen molar-refractivity contribution < 1.29 is 19.4 Å². The maximum absolute atomic E-state index is 12.0. The van der Waals surface area contributed by atoms with Gasteiger partial charge in [-0.3, -0.25) is 4.79 Å². The lowest BCUT2D eigenvalue weighted by atomic mass is 10.1. The van der Waals surface area contributed by atoms with E-state index in [9.17, 15) is 14.7 Å². The Morgan fingerprint density at radius 3 is 2.40 bits per heavy atom. The van der Waals surface area contributed by atoms with Gasteiger partial charge in [0.1, 0.15) is 0 Å². The van der Waals surface area contributed by atoms with Crippen LogP contribution in [0.2, 0.25) is 0 Å². The van der Waals surface area contributed by atoms with E-state index in [0.29, 0.717) is 13.0 Å². The van der Waals surface area contributed by atoms with E-state index in [4.69, 9.17) is 0 Å². The third kappa shape index (κ3) is 4.06. The van der Waals surface area contributed by atoms with Gasteiger partial charge >= 0.3 is 5.97 Å². The average molecular weight is 279 g/mol. The van der Waals surface area contributed by atoms with E-state index in [1.54, 1.807) is 13.8 Å². The number of benzene rings is 1. The maximum atomic E-state index is 12.0. The molecule has 0 fully saturated rings. The van der Waals surface area contributed by atoms with Crippen LogP contribution in [0, 0.1) is 0 Å². The van der Waals surface area contributed by atoms with Gasteiger partial charge in [-0.05, 0) is 12.5 Å². The minimum absolute atomic E-state index is 0.121. The van der Waals surface area contributed by atoms with Gasteiger partial charge in [0.05, 0.1) is 13.2 Å². The Kier molecular flexibility index (Phi) is 6.18. The molecule has 0 saturated heterocycles. The normalized spacial score (nSPS) is 13.4. The maximum Gasteiger partial charge on any atom is 0.336 e. The third-order valence-electron chi connectivity index (χ3n) is 3.21. The fraction of sp³-hybridized carbons (Fsp3) is 0.467. The second-order valence-electron chi connectivity index (χ2n) is 4.57. The molecule has 0 aromatic heterocycles. The second kappa shape index (κ2) is 7.65. The highest BCUT2D eigenvalue weighted by Crippen LogP contribution is 2.13. The lowest BCUT2D eigenvalue weighted by Crippen LogP contribution is -2.48. The zero-order valence-electron chi connectivity index (χ0n) is 12.1. The van der Waals surface area contributed by atoms with Gasteiger partial charge in [-0.2, -0.15) is 0 Å². The van der Waals surface area contributed by atoms with Crippen LogP contribution >= 0.6 is 0 Å². The van der Waals surface area contributed by atoms with E-state index in [2.05, 4.69) is 4.74 Å². The number of carbonyl (C=O) groups excluding carboxylic acids is 2. The fourth-order valence-electron chi connectivity index (χ4n) is 1.93. The first kappa shape index (κ1) is 16.2. The van der Waals surface area contributed by atoms with Crippen molar-refractivity contribution in [3.63, 3.8) is 0 Å². The molecule has 1 amide bonds. The summed E-state index contributed by atoms with van der Waals surface area (Å²) in [5.74, 6) is -0.858. The van der Waals surface area contributed by atoms with Crippen LogP contribution in [-0.4, -0.2) is 41.1 Å². The smallest absolute Gasteiger partial charge is 0.336 e. The average Bonchev–Trinajstić information content (AvgIpc) is 2.50. The summed E-state index contributed by atoms with van der Waals surface area (Å²) in [6.07, 6.45) is -1.04. The Hall–Kier alpha value is -1.88. The van der Waals surface area contributed by atoms with E-state index in [-0.39, 0.29) is 5.91 Å². The van der Waals surface area contributed by atoms with Crippen molar-refractivity contribution >= 4 is 11.9 Å². The van der Waals surface area contributed by atoms with E-state index in [1.165, 1.54) is 12.0 Å². The monoisotopic (exact) mass is 279 g/mol. The van der Waals surface area contributed by atoms with Gasteiger partial charge < -0.3 is 14.7 Å². The molecular formula is C15H21NO4. The molecule has 0 saturated carbocycles. The topological polar surface area (TPSA) is 66.8 Å². The number of aliphatic hydroxyl groups excluding tert-OH is 1. The molecule has 1 aromatic rings. The summed E-state index contributed by atoms with van der Waals surface area (Å²) >= 11 is 0. The van der Waals surface area contributed by atoms with Gasteiger partial charge in [0, 0.05) is 13.0 Å². The number of ether oxygens (including phenoxy) is 1. The van der Waals surface area contributed by atoms with Crippen molar-refractivity contribution in [2.75, 3.05) is 7.11 Å². The van der Waals surface area contributed by atoms with Crippen LogP contribution in [0.3, 0.4) is 0 Å². The molecule has 1 aromatic carbocycles. The molecule has 0 spiro atoms. The SMILES string of the molecule is CCC(=O)N(Cc1ccccc1)C(C)C(O)C(=O)OC. The second-order valence-corrected chi connectivity index (χ2v) is 4.57. The minimum atomic E-state index is -1.35. The van der Waals surface area contributed by atoms with E-state index in [1.807, 2.05) is 30.3 Å². The first-order valence-corrected chi connectivity index (χ1v) is 6.60. The Bertz CT molecular complexity index is 446. The molecule has 110 valence electrons. The quantitative estimate of drug-likeness (QED) is 0.798. The van der Waals surface area contributed by atoms with Crippen molar-refractivity contribution in [1.82, 2.24) is 4.90 Å². The number of methoxy groups -OCH3 is 1. The number of aliphatic hydroxyl groups is 1. The van der Waals surface area contributed by atoms with Crippen LogP contribution in [0.4, 0.5) is 0 Å². The fourth-order valence-corrected chi connectivity index (χ4v) is 1.93. The number of esters is 1. The number of hydrogen-bond donors (Lipinski definition) is 1. The van der Waals surface area contributed by atoms with E-state index in [0.717, 1.165) is 5.56 Å². The lowest BCUT2D eigenvalue weighted by molar-refractivity contribution is -0.156. The van der Waals surface area contributed by atoms with Crippen LogP contribution in [-0.2, 0) is 20.9 Å². The molecule has 0 aliphatic carbocycles. The summed E-state index contributed by atoms with van der Waals surface area (Å²) < 4.78 is 4.52. The third-order valence-corrected chi connectivity index (χ3v) is 3.21. The Morgan fingerprint density at radius 1 is 1.30 bits per heavy atom. The Balaban J connectivity index is 2.89. The van der Waals surface area contributed by atoms with Crippen LogP contribution in [0.5, 0.6) is 0 Å². The van der Waals surface area contributed by atoms with Gasteiger partial charge in [-0.1, -0.05) is 37.3 Å². The van der Waals surface area contributed by atoms with Crippen LogP contribution in [0.15, 0.2) is 30.3 Å². The standard InChI is InChI=1S/C15H21NO4/c1-4-13(17)16(10-12-8-6-5-7-9-12)11(2)14(18)15(19)20-3/h5-9,11,14,18H,4,10H2,1-3H3. The van der Waals surface area contributed by atoms with Gasteiger partial charge in [-0.15, -0.1) is 0 Å². The summed E-state index contributed by atoms with van der Waals surface area (Å²) in [6.45, 7) is 3.73. The van der Waals surface area contributed by atoms with Crippen molar-refractivity contribution in [3.8, 4) is 0 Å². The molecule has 5 heteroatoms. The summed E-state index contributed by atoms with van der Waals surface area (Å²) in [6, 6.07) is 8.80. The van der Waals surface area contributed by atoms with Crippen LogP contribution < -0.4 is 0 Å². The Morgan fingerprint density at radius 2 is 1.90 bits per heavy atom. The minimum Gasteiger partial charge on any atom is -0.467 e. The molecule has 0 bridgehead atoms. The van der Waals surface area contributed by atoms with Crippen molar-refractivity contribution in [1.29, 1.82) is 0 Å². The van der Waals surface area contributed by atoms with Crippen molar-refractivity contribution in [2.45, 2.75) is 39.0 Å². The number of rotatable bonds is 6. The zero-order valence-corrected chi connectivity index (χ0v) is 12.1. The first-order chi connectivity index (χ1) is 9.51. The molecule has 2 unspecified atom stereocenters. The predicted octanol–water partition coefficient (Wildman–Crippen LogP) is 1.35. The molecule has 1 N–H and O–H groups in total. The highest BCUT2D eigenvalue weighted by atomic mass is 16.5. The summed E-state index contributed by atoms with van der Waals surface area (Å²) in [5, 5.41) is 9.91. The van der Waals surface area contributed by atoms with Gasteiger partial charge in [0.25, 0.3) is 0 Å².